The van der Waals surface area contributed by atoms with E-state index in [2.05, 4.69) is 0 Å². The van der Waals surface area contributed by atoms with Gasteiger partial charge < -0.3 is 15.5 Å². The molecule has 0 unspecified atom stereocenters. The summed E-state index contributed by atoms with van der Waals surface area (Å²) in [5.74, 6) is -0.162. The minimum Gasteiger partial charge on any atom is -0.339 e. The lowest BCUT2D eigenvalue weighted by atomic mass is 9.81. The van der Waals surface area contributed by atoms with Gasteiger partial charge >= 0.3 is 0 Å². The first-order valence-electron chi connectivity index (χ1n) is 9.27. The summed E-state index contributed by atoms with van der Waals surface area (Å²) in [5, 5.41) is 0. The van der Waals surface area contributed by atoms with E-state index in [-0.39, 0.29) is 29.1 Å². The highest BCUT2D eigenvalue weighted by atomic mass is 35.5. The molecule has 7 nitrogen and oxygen atoms in total. The van der Waals surface area contributed by atoms with E-state index in [1.54, 1.807) is 21.9 Å². The number of amides is 2. The van der Waals surface area contributed by atoms with E-state index in [1.165, 1.54) is 12.1 Å². The molecule has 1 aromatic rings. The van der Waals surface area contributed by atoms with Crippen molar-refractivity contribution in [3.63, 3.8) is 0 Å². The third-order valence-corrected chi connectivity index (χ3v) is 6.67. The van der Waals surface area contributed by atoms with Gasteiger partial charge in [-0.05, 0) is 31.0 Å². The predicted octanol–water partition coefficient (Wildman–Crippen LogP) is 1.56. The number of nitrogens with zero attached hydrogens (tertiary/aromatic N) is 2. The standard InChI is InChI=1S/C19H29N3O4S.ClH/c1-4-19(5-2,14-20)18(24)22-11-9-21(10-12-22)17(23)15-7-6-8-16(13-15)27(3,25)26;/h6-8,13H,4-5,9-12,14,20H2,1-3H3;1H. The van der Waals surface area contributed by atoms with Gasteiger partial charge in [0, 0.05) is 44.5 Å². The number of rotatable bonds is 6. The normalized spacial score (nSPS) is 15.1. The molecule has 0 spiro atoms. The number of carbonyl (C=O) groups is 2. The monoisotopic (exact) mass is 431 g/mol. The van der Waals surface area contributed by atoms with Crippen LogP contribution in [0.1, 0.15) is 37.0 Å². The minimum absolute atomic E-state index is 0. The summed E-state index contributed by atoms with van der Waals surface area (Å²) in [7, 11) is -3.37. The Bertz CT molecular complexity index is 793. The lowest BCUT2D eigenvalue weighted by molar-refractivity contribution is -0.143. The molecule has 2 rings (SSSR count). The highest BCUT2D eigenvalue weighted by Gasteiger charge is 2.38. The van der Waals surface area contributed by atoms with Crippen molar-refractivity contribution in [2.24, 2.45) is 11.1 Å². The molecule has 28 heavy (non-hydrogen) atoms. The molecule has 1 aliphatic rings. The molecule has 2 N–H and O–H groups in total. The summed E-state index contributed by atoms with van der Waals surface area (Å²) in [6, 6.07) is 6.07. The molecule has 0 radical (unpaired) electrons. The van der Waals surface area contributed by atoms with Crippen molar-refractivity contribution in [2.75, 3.05) is 39.0 Å². The fraction of sp³-hybridized carbons (Fsp3) is 0.579. The lowest BCUT2D eigenvalue weighted by Gasteiger charge is -2.40. The molecule has 0 bridgehead atoms. The van der Waals surface area contributed by atoms with Crippen molar-refractivity contribution in [3.8, 4) is 0 Å². The molecule has 9 heteroatoms. The zero-order valence-electron chi connectivity index (χ0n) is 16.7. The summed E-state index contributed by atoms with van der Waals surface area (Å²) in [4.78, 5) is 29.2. The van der Waals surface area contributed by atoms with E-state index in [9.17, 15) is 18.0 Å². The van der Waals surface area contributed by atoms with Gasteiger partial charge in [-0.1, -0.05) is 19.9 Å². The number of hydrogen-bond acceptors (Lipinski definition) is 5. The second kappa shape index (κ2) is 9.71. The highest BCUT2D eigenvalue weighted by Crippen LogP contribution is 2.28. The van der Waals surface area contributed by atoms with Crippen LogP contribution < -0.4 is 5.73 Å². The van der Waals surface area contributed by atoms with Gasteiger partial charge in [0.05, 0.1) is 10.3 Å². The number of halogens is 1. The molecule has 0 aliphatic carbocycles. The number of sulfone groups is 1. The smallest absolute Gasteiger partial charge is 0.254 e. The molecule has 2 amide bonds. The van der Waals surface area contributed by atoms with Gasteiger partial charge in [0.25, 0.3) is 5.91 Å². The van der Waals surface area contributed by atoms with Crippen LogP contribution in [0.2, 0.25) is 0 Å². The molecule has 0 aromatic heterocycles. The first-order chi connectivity index (χ1) is 12.7. The Hall–Kier alpha value is -1.64. The van der Waals surface area contributed by atoms with Crippen molar-refractivity contribution in [2.45, 2.75) is 31.6 Å². The number of piperazine rings is 1. The Morgan fingerprint density at radius 2 is 1.61 bits per heavy atom. The molecular formula is C19H30ClN3O4S. The van der Waals surface area contributed by atoms with E-state index in [0.717, 1.165) is 6.26 Å². The summed E-state index contributed by atoms with van der Waals surface area (Å²) in [6.07, 6.45) is 2.50. The Morgan fingerprint density at radius 3 is 2.07 bits per heavy atom. The number of nitrogens with two attached hydrogens (primary N) is 1. The molecule has 1 fully saturated rings. The summed E-state index contributed by atoms with van der Waals surface area (Å²) >= 11 is 0. The van der Waals surface area contributed by atoms with Gasteiger partial charge in [0.15, 0.2) is 9.84 Å². The summed E-state index contributed by atoms with van der Waals surface area (Å²) in [5.41, 5.74) is 5.69. The summed E-state index contributed by atoms with van der Waals surface area (Å²) < 4.78 is 23.4. The number of benzene rings is 1. The maximum absolute atomic E-state index is 12.9. The Balaban J connectivity index is 0.00000392. The number of hydrogen-bond donors (Lipinski definition) is 1. The van der Waals surface area contributed by atoms with Crippen LogP contribution in [0.4, 0.5) is 0 Å². The quantitative estimate of drug-likeness (QED) is 0.736. The Kier molecular flexibility index (Phi) is 8.46. The van der Waals surface area contributed by atoms with Crippen LogP contribution in [0.15, 0.2) is 29.2 Å². The fourth-order valence-corrected chi connectivity index (χ4v) is 4.09. The first kappa shape index (κ1) is 24.4. The zero-order valence-corrected chi connectivity index (χ0v) is 18.3. The van der Waals surface area contributed by atoms with Gasteiger partial charge in [-0.15, -0.1) is 12.4 Å². The van der Waals surface area contributed by atoms with Crippen molar-refractivity contribution in [1.29, 1.82) is 0 Å². The number of carbonyl (C=O) groups excluding carboxylic acids is 2. The third kappa shape index (κ3) is 5.04. The van der Waals surface area contributed by atoms with Gasteiger partial charge in [0.2, 0.25) is 5.91 Å². The van der Waals surface area contributed by atoms with Gasteiger partial charge in [-0.25, -0.2) is 8.42 Å². The van der Waals surface area contributed by atoms with Crippen LogP contribution in [0.3, 0.4) is 0 Å². The van der Waals surface area contributed by atoms with E-state index in [0.29, 0.717) is 51.1 Å². The molecule has 0 atom stereocenters. The van der Waals surface area contributed by atoms with Gasteiger partial charge in [0.1, 0.15) is 0 Å². The highest BCUT2D eigenvalue weighted by molar-refractivity contribution is 7.90. The van der Waals surface area contributed by atoms with Crippen LogP contribution in [-0.4, -0.2) is 69.0 Å². The zero-order chi connectivity index (χ0) is 20.2. The molecule has 0 saturated carbocycles. The van der Waals surface area contributed by atoms with E-state index >= 15 is 0 Å². The van der Waals surface area contributed by atoms with Crippen molar-refractivity contribution in [3.05, 3.63) is 29.8 Å². The van der Waals surface area contributed by atoms with Gasteiger partial charge in [-0.2, -0.15) is 0 Å². The van der Waals surface area contributed by atoms with E-state index in [4.69, 9.17) is 5.73 Å². The lowest BCUT2D eigenvalue weighted by Crippen LogP contribution is -2.55. The maximum atomic E-state index is 12.9. The van der Waals surface area contributed by atoms with Crippen LogP contribution in [0.25, 0.3) is 0 Å². The second-order valence-corrected chi connectivity index (χ2v) is 9.09. The average Bonchev–Trinajstić information content (AvgIpc) is 2.68. The Morgan fingerprint density at radius 1 is 1.07 bits per heavy atom. The topological polar surface area (TPSA) is 101 Å². The van der Waals surface area contributed by atoms with Gasteiger partial charge in [-0.3, -0.25) is 9.59 Å². The van der Waals surface area contributed by atoms with Crippen LogP contribution in [0.5, 0.6) is 0 Å². The van der Waals surface area contributed by atoms with Crippen molar-refractivity contribution >= 4 is 34.1 Å². The molecule has 1 aliphatic heterocycles. The average molecular weight is 432 g/mol. The van der Waals surface area contributed by atoms with E-state index in [1.807, 2.05) is 13.8 Å². The van der Waals surface area contributed by atoms with Crippen LogP contribution in [0, 0.1) is 5.41 Å². The minimum atomic E-state index is -3.37. The molecule has 158 valence electrons. The van der Waals surface area contributed by atoms with Crippen LogP contribution in [-0.2, 0) is 14.6 Å². The Labute approximate surface area is 173 Å². The third-order valence-electron chi connectivity index (χ3n) is 5.56. The molecule has 1 saturated heterocycles. The van der Waals surface area contributed by atoms with Crippen LogP contribution >= 0.6 is 12.4 Å². The van der Waals surface area contributed by atoms with Crippen molar-refractivity contribution < 1.29 is 18.0 Å². The molecule has 1 heterocycles. The van der Waals surface area contributed by atoms with Crippen molar-refractivity contribution in [1.82, 2.24) is 9.80 Å². The molecule has 1 aromatic carbocycles. The second-order valence-electron chi connectivity index (χ2n) is 7.08. The SMILES string of the molecule is CCC(CC)(CN)C(=O)N1CCN(C(=O)c2cccc(S(C)(=O)=O)c2)CC1.Cl. The predicted molar refractivity (Wildman–Crippen MR) is 111 cm³/mol. The molecular weight excluding hydrogens is 402 g/mol. The fourth-order valence-electron chi connectivity index (χ4n) is 3.42. The maximum Gasteiger partial charge on any atom is 0.254 e. The van der Waals surface area contributed by atoms with E-state index < -0.39 is 15.3 Å². The first-order valence-corrected chi connectivity index (χ1v) is 11.2. The largest absolute Gasteiger partial charge is 0.339 e. The summed E-state index contributed by atoms with van der Waals surface area (Å²) in [6.45, 7) is 6.02.